The highest BCUT2D eigenvalue weighted by Gasteiger charge is 2.22. The van der Waals surface area contributed by atoms with Crippen molar-refractivity contribution < 1.29 is 9.59 Å². The maximum absolute atomic E-state index is 12.3. The van der Waals surface area contributed by atoms with Gasteiger partial charge in [-0.1, -0.05) is 30.3 Å². The molecule has 1 unspecified atom stereocenters. The molecule has 1 aromatic rings. The summed E-state index contributed by atoms with van der Waals surface area (Å²) in [6.45, 7) is 5.18. The fraction of sp³-hybridized carbons (Fsp3) is 0.579. The summed E-state index contributed by atoms with van der Waals surface area (Å²) in [6.07, 6.45) is 0.450. The molecule has 26 heavy (non-hydrogen) atoms. The van der Waals surface area contributed by atoms with Crippen molar-refractivity contribution in [3.8, 4) is 0 Å². The molecule has 2 aliphatic heterocycles. The molecule has 0 spiro atoms. The normalized spacial score (nSPS) is 21.4. The number of benzene rings is 1. The van der Waals surface area contributed by atoms with E-state index in [9.17, 15) is 9.59 Å². The van der Waals surface area contributed by atoms with E-state index >= 15 is 0 Å². The third-order valence-electron chi connectivity index (χ3n) is 4.84. The Kier molecular flexibility index (Phi) is 7.34. The smallest absolute Gasteiger partial charge is 0.242 e. The van der Waals surface area contributed by atoms with Crippen LogP contribution in [0.3, 0.4) is 0 Å². The Labute approximate surface area is 159 Å². The van der Waals surface area contributed by atoms with E-state index in [1.807, 2.05) is 22.7 Å². The number of hydrogen-bond donors (Lipinski definition) is 2. The lowest BCUT2D eigenvalue weighted by molar-refractivity contribution is -0.134. The van der Waals surface area contributed by atoms with Crippen LogP contribution in [0.25, 0.3) is 0 Å². The Morgan fingerprint density at radius 3 is 2.62 bits per heavy atom. The number of nitrogens with zero attached hydrogens (tertiary/aromatic N) is 2. The van der Waals surface area contributed by atoms with Crippen LogP contribution in [0, 0.1) is 0 Å². The van der Waals surface area contributed by atoms with Crippen molar-refractivity contribution in [2.24, 2.45) is 0 Å². The van der Waals surface area contributed by atoms with Crippen molar-refractivity contribution >= 4 is 23.6 Å². The lowest BCUT2D eigenvalue weighted by Gasteiger charge is -2.34. The summed E-state index contributed by atoms with van der Waals surface area (Å²) in [6, 6.07) is 10.6. The van der Waals surface area contributed by atoms with Crippen LogP contribution in [0.1, 0.15) is 12.0 Å². The SMILES string of the molecule is O=C(CC1CSCCN1)NCC(=O)N1CCN(Cc2ccccc2)CC1. The van der Waals surface area contributed by atoms with Crippen LogP contribution < -0.4 is 10.6 Å². The van der Waals surface area contributed by atoms with Crippen LogP contribution in [-0.2, 0) is 16.1 Å². The molecule has 6 nitrogen and oxygen atoms in total. The number of rotatable bonds is 6. The summed E-state index contributed by atoms with van der Waals surface area (Å²) >= 11 is 1.87. The van der Waals surface area contributed by atoms with Gasteiger partial charge in [0, 0.05) is 63.2 Å². The quantitative estimate of drug-likeness (QED) is 0.759. The lowest BCUT2D eigenvalue weighted by Crippen LogP contribution is -2.51. The number of thioether (sulfide) groups is 1. The molecule has 1 atom stereocenters. The molecule has 3 rings (SSSR count). The van der Waals surface area contributed by atoms with Crippen LogP contribution in [0.4, 0.5) is 0 Å². The van der Waals surface area contributed by atoms with Gasteiger partial charge in [0.1, 0.15) is 0 Å². The van der Waals surface area contributed by atoms with E-state index in [1.54, 1.807) is 0 Å². The molecule has 2 N–H and O–H groups in total. The van der Waals surface area contributed by atoms with Crippen molar-refractivity contribution in [2.75, 3.05) is 50.8 Å². The predicted octanol–water partition coefficient (Wildman–Crippen LogP) is 0.542. The van der Waals surface area contributed by atoms with Crippen LogP contribution >= 0.6 is 11.8 Å². The van der Waals surface area contributed by atoms with Gasteiger partial charge < -0.3 is 15.5 Å². The Hall–Kier alpha value is -1.57. The Morgan fingerprint density at radius 2 is 1.92 bits per heavy atom. The lowest BCUT2D eigenvalue weighted by atomic mass is 10.2. The molecular formula is C19H28N4O2S. The topological polar surface area (TPSA) is 64.7 Å². The van der Waals surface area contributed by atoms with Gasteiger partial charge in [-0.15, -0.1) is 0 Å². The van der Waals surface area contributed by atoms with E-state index < -0.39 is 0 Å². The average molecular weight is 377 g/mol. The fourth-order valence-electron chi connectivity index (χ4n) is 3.33. The number of carbonyl (C=O) groups excluding carboxylic acids is 2. The third-order valence-corrected chi connectivity index (χ3v) is 5.97. The van der Waals surface area contributed by atoms with E-state index in [-0.39, 0.29) is 24.4 Å². The number of hydrogen-bond acceptors (Lipinski definition) is 5. The monoisotopic (exact) mass is 376 g/mol. The van der Waals surface area contributed by atoms with Gasteiger partial charge in [0.05, 0.1) is 6.54 Å². The minimum atomic E-state index is -0.0407. The molecule has 7 heteroatoms. The van der Waals surface area contributed by atoms with Gasteiger partial charge in [0.25, 0.3) is 0 Å². The standard InChI is InChI=1S/C19H28N4O2S/c24-18(12-17-15-26-11-6-20-17)21-13-19(25)23-9-7-22(8-10-23)14-16-4-2-1-3-5-16/h1-5,17,20H,6-15H2,(H,21,24). The summed E-state index contributed by atoms with van der Waals surface area (Å²) in [7, 11) is 0. The Morgan fingerprint density at radius 1 is 1.15 bits per heavy atom. The highest BCUT2D eigenvalue weighted by atomic mass is 32.2. The highest BCUT2D eigenvalue weighted by Crippen LogP contribution is 2.10. The molecular weight excluding hydrogens is 348 g/mol. The van der Waals surface area contributed by atoms with Crippen LogP contribution in [-0.4, -0.2) is 78.4 Å². The summed E-state index contributed by atoms with van der Waals surface area (Å²) in [5.74, 6) is 2.04. The zero-order valence-corrected chi connectivity index (χ0v) is 16.0. The Balaban J connectivity index is 1.33. The number of piperazine rings is 1. The van der Waals surface area contributed by atoms with Crippen molar-refractivity contribution in [3.63, 3.8) is 0 Å². The highest BCUT2D eigenvalue weighted by molar-refractivity contribution is 7.99. The van der Waals surface area contributed by atoms with E-state index in [4.69, 9.17) is 0 Å². The van der Waals surface area contributed by atoms with Crippen LogP contribution in [0.15, 0.2) is 30.3 Å². The first-order chi connectivity index (χ1) is 12.7. The summed E-state index contributed by atoms with van der Waals surface area (Å²) in [5.41, 5.74) is 1.30. The molecule has 2 aliphatic rings. The van der Waals surface area contributed by atoms with E-state index in [1.165, 1.54) is 5.56 Å². The zero-order valence-electron chi connectivity index (χ0n) is 15.2. The first-order valence-corrected chi connectivity index (χ1v) is 10.5. The summed E-state index contributed by atoms with van der Waals surface area (Å²) < 4.78 is 0. The van der Waals surface area contributed by atoms with Gasteiger partial charge in [-0.05, 0) is 5.56 Å². The van der Waals surface area contributed by atoms with Crippen molar-refractivity contribution in [2.45, 2.75) is 19.0 Å². The molecule has 1 aromatic carbocycles. The van der Waals surface area contributed by atoms with Gasteiger partial charge in [0.2, 0.25) is 11.8 Å². The van der Waals surface area contributed by atoms with Crippen LogP contribution in [0.2, 0.25) is 0 Å². The largest absolute Gasteiger partial charge is 0.347 e. The second kappa shape index (κ2) is 9.94. The fourth-order valence-corrected chi connectivity index (χ4v) is 4.28. The van der Waals surface area contributed by atoms with Gasteiger partial charge in [-0.3, -0.25) is 14.5 Å². The Bertz CT molecular complexity index is 584. The van der Waals surface area contributed by atoms with E-state index in [0.29, 0.717) is 6.42 Å². The molecule has 2 fully saturated rings. The third kappa shape index (κ3) is 6.00. The first-order valence-electron chi connectivity index (χ1n) is 9.32. The molecule has 0 radical (unpaired) electrons. The molecule has 2 amide bonds. The van der Waals surface area contributed by atoms with Gasteiger partial charge >= 0.3 is 0 Å². The van der Waals surface area contributed by atoms with Gasteiger partial charge in [0.15, 0.2) is 0 Å². The number of carbonyl (C=O) groups is 2. The van der Waals surface area contributed by atoms with Gasteiger partial charge in [-0.25, -0.2) is 0 Å². The minimum absolute atomic E-state index is 0.0173. The summed E-state index contributed by atoms with van der Waals surface area (Å²) in [4.78, 5) is 28.6. The molecule has 142 valence electrons. The predicted molar refractivity (Wildman–Crippen MR) is 105 cm³/mol. The first kappa shape index (κ1) is 19.2. The van der Waals surface area contributed by atoms with Crippen LogP contribution in [0.5, 0.6) is 0 Å². The minimum Gasteiger partial charge on any atom is -0.347 e. The maximum atomic E-state index is 12.3. The zero-order chi connectivity index (χ0) is 18.2. The summed E-state index contributed by atoms with van der Waals surface area (Å²) in [5, 5.41) is 6.13. The van der Waals surface area contributed by atoms with E-state index in [0.717, 1.165) is 50.8 Å². The molecule has 0 aromatic heterocycles. The number of nitrogens with one attached hydrogen (secondary N) is 2. The second-order valence-corrected chi connectivity index (χ2v) is 8.00. The number of amides is 2. The van der Waals surface area contributed by atoms with Gasteiger partial charge in [-0.2, -0.15) is 11.8 Å². The molecule has 0 bridgehead atoms. The average Bonchev–Trinajstić information content (AvgIpc) is 2.68. The van der Waals surface area contributed by atoms with E-state index in [2.05, 4.69) is 39.8 Å². The van der Waals surface area contributed by atoms with Crippen molar-refractivity contribution in [1.29, 1.82) is 0 Å². The van der Waals surface area contributed by atoms with Crippen molar-refractivity contribution in [1.82, 2.24) is 20.4 Å². The molecule has 2 heterocycles. The second-order valence-electron chi connectivity index (χ2n) is 6.85. The maximum Gasteiger partial charge on any atom is 0.242 e. The van der Waals surface area contributed by atoms with Crippen molar-refractivity contribution in [3.05, 3.63) is 35.9 Å². The molecule has 2 saturated heterocycles. The molecule has 0 saturated carbocycles. The molecule has 0 aliphatic carbocycles.